The lowest BCUT2D eigenvalue weighted by atomic mass is 9.84. The summed E-state index contributed by atoms with van der Waals surface area (Å²) in [7, 11) is 0. The van der Waals surface area contributed by atoms with E-state index in [-0.39, 0.29) is 11.5 Å². The zero-order chi connectivity index (χ0) is 15.0. The minimum atomic E-state index is 0.0705. The van der Waals surface area contributed by atoms with Crippen LogP contribution in [-0.4, -0.2) is 50.9 Å². The van der Waals surface area contributed by atoms with Crippen LogP contribution in [0.1, 0.15) is 29.6 Å². The summed E-state index contributed by atoms with van der Waals surface area (Å²) in [6.07, 6.45) is 6.29. The lowest BCUT2D eigenvalue weighted by molar-refractivity contribution is -0.169. The molecule has 1 spiro atoms. The summed E-state index contributed by atoms with van der Waals surface area (Å²) in [4.78, 5) is 14.6. The number of ether oxygens (including phenoxy) is 1. The van der Waals surface area contributed by atoms with Gasteiger partial charge in [-0.3, -0.25) is 9.36 Å². The first-order valence-corrected chi connectivity index (χ1v) is 7.64. The van der Waals surface area contributed by atoms with Gasteiger partial charge in [-0.15, -0.1) is 10.2 Å². The van der Waals surface area contributed by atoms with Crippen molar-refractivity contribution in [3.05, 3.63) is 42.5 Å². The van der Waals surface area contributed by atoms with Crippen LogP contribution in [0.5, 0.6) is 0 Å². The lowest BCUT2D eigenvalue weighted by Gasteiger charge is -2.47. The van der Waals surface area contributed by atoms with Gasteiger partial charge >= 0.3 is 0 Å². The van der Waals surface area contributed by atoms with Crippen LogP contribution in [0.25, 0.3) is 5.69 Å². The van der Waals surface area contributed by atoms with Crippen molar-refractivity contribution in [2.24, 2.45) is 0 Å². The van der Waals surface area contributed by atoms with Crippen molar-refractivity contribution in [1.29, 1.82) is 0 Å². The number of carbonyl (C=O) groups excluding carboxylic acids is 1. The number of likely N-dealkylation sites (tertiary alicyclic amines) is 1. The van der Waals surface area contributed by atoms with Gasteiger partial charge in [-0.2, -0.15) is 0 Å². The monoisotopic (exact) mass is 298 g/mol. The molecule has 114 valence electrons. The Morgan fingerprint density at radius 1 is 1.14 bits per heavy atom. The summed E-state index contributed by atoms with van der Waals surface area (Å²) in [6.45, 7) is 2.42. The van der Waals surface area contributed by atoms with E-state index in [0.29, 0.717) is 5.56 Å². The first-order chi connectivity index (χ1) is 10.8. The molecule has 3 heterocycles. The van der Waals surface area contributed by atoms with Gasteiger partial charge in [0, 0.05) is 24.3 Å². The highest BCUT2D eigenvalue weighted by Gasteiger charge is 2.41. The second kappa shape index (κ2) is 5.21. The molecule has 2 aliphatic rings. The van der Waals surface area contributed by atoms with Gasteiger partial charge in [0.1, 0.15) is 12.7 Å². The van der Waals surface area contributed by atoms with Gasteiger partial charge in [0.05, 0.1) is 12.2 Å². The highest BCUT2D eigenvalue weighted by Crippen LogP contribution is 2.36. The molecule has 0 N–H and O–H groups in total. The number of amides is 1. The zero-order valence-corrected chi connectivity index (χ0v) is 12.3. The summed E-state index contributed by atoms with van der Waals surface area (Å²) >= 11 is 0. The van der Waals surface area contributed by atoms with E-state index in [2.05, 4.69) is 10.2 Å². The molecule has 6 nitrogen and oxygen atoms in total. The number of hydrogen-bond acceptors (Lipinski definition) is 4. The molecule has 0 atom stereocenters. The number of rotatable bonds is 2. The van der Waals surface area contributed by atoms with E-state index < -0.39 is 0 Å². The van der Waals surface area contributed by atoms with Crippen LogP contribution in [0.2, 0.25) is 0 Å². The highest BCUT2D eigenvalue weighted by atomic mass is 16.5. The third kappa shape index (κ3) is 2.29. The van der Waals surface area contributed by atoms with Crippen LogP contribution in [0, 0.1) is 0 Å². The second-order valence-electron chi connectivity index (χ2n) is 5.99. The number of benzene rings is 1. The standard InChI is InChI=1S/C16H18N4O2/c21-15(19-7-4-16(5-8-19)6-9-22-16)13-2-1-3-14(10-13)20-11-17-18-12-20/h1-3,10-12H,4-9H2. The van der Waals surface area contributed by atoms with Crippen LogP contribution in [0.4, 0.5) is 0 Å². The number of carbonyl (C=O) groups is 1. The van der Waals surface area contributed by atoms with E-state index in [1.165, 1.54) is 0 Å². The average molecular weight is 298 g/mol. The first kappa shape index (κ1) is 13.5. The molecule has 0 bridgehead atoms. The lowest BCUT2D eigenvalue weighted by Crippen LogP contribution is -2.53. The van der Waals surface area contributed by atoms with E-state index >= 15 is 0 Å². The van der Waals surface area contributed by atoms with E-state index in [1.807, 2.05) is 29.2 Å². The molecule has 2 aliphatic heterocycles. The molecule has 0 saturated carbocycles. The number of aromatic nitrogens is 3. The minimum absolute atomic E-state index is 0.0705. The molecule has 1 aromatic heterocycles. The fraction of sp³-hybridized carbons (Fsp3) is 0.438. The van der Waals surface area contributed by atoms with Crippen molar-refractivity contribution >= 4 is 5.91 Å². The maximum absolute atomic E-state index is 12.7. The quantitative estimate of drug-likeness (QED) is 0.846. The Morgan fingerprint density at radius 2 is 1.86 bits per heavy atom. The Bertz CT molecular complexity index is 669. The topological polar surface area (TPSA) is 60.2 Å². The smallest absolute Gasteiger partial charge is 0.253 e. The summed E-state index contributed by atoms with van der Waals surface area (Å²) in [5.74, 6) is 0.0871. The molecule has 22 heavy (non-hydrogen) atoms. The molecule has 0 aliphatic carbocycles. The van der Waals surface area contributed by atoms with Gasteiger partial charge in [0.25, 0.3) is 5.91 Å². The van der Waals surface area contributed by atoms with Crippen LogP contribution in [0.15, 0.2) is 36.9 Å². The fourth-order valence-corrected chi connectivity index (χ4v) is 3.22. The van der Waals surface area contributed by atoms with E-state index in [0.717, 1.165) is 44.6 Å². The highest BCUT2D eigenvalue weighted by molar-refractivity contribution is 5.94. The molecule has 2 aromatic rings. The third-order valence-electron chi connectivity index (χ3n) is 4.74. The molecule has 2 saturated heterocycles. The minimum Gasteiger partial charge on any atom is -0.375 e. The molecule has 4 rings (SSSR count). The maximum atomic E-state index is 12.7. The van der Waals surface area contributed by atoms with Crippen molar-refractivity contribution < 1.29 is 9.53 Å². The van der Waals surface area contributed by atoms with Crippen LogP contribution >= 0.6 is 0 Å². The van der Waals surface area contributed by atoms with Crippen LogP contribution < -0.4 is 0 Å². The summed E-state index contributed by atoms with van der Waals surface area (Å²) in [6, 6.07) is 7.58. The number of piperidine rings is 1. The van der Waals surface area contributed by atoms with Gasteiger partial charge in [0.15, 0.2) is 0 Å². The molecule has 0 unspecified atom stereocenters. The van der Waals surface area contributed by atoms with Gasteiger partial charge in [0.2, 0.25) is 0 Å². The van der Waals surface area contributed by atoms with Gasteiger partial charge < -0.3 is 9.64 Å². The summed E-state index contributed by atoms with van der Waals surface area (Å²) in [5, 5.41) is 7.60. The Labute approximate surface area is 128 Å². The third-order valence-corrected chi connectivity index (χ3v) is 4.74. The SMILES string of the molecule is O=C(c1cccc(-n2cnnc2)c1)N1CCC2(CCO2)CC1. The molecular weight excluding hydrogens is 280 g/mol. The zero-order valence-electron chi connectivity index (χ0n) is 12.3. The summed E-state index contributed by atoms with van der Waals surface area (Å²) < 4.78 is 7.50. The van der Waals surface area contributed by atoms with Gasteiger partial charge in [-0.05, 0) is 37.5 Å². The molecule has 6 heteroatoms. The second-order valence-corrected chi connectivity index (χ2v) is 5.99. The number of hydrogen-bond donors (Lipinski definition) is 0. The van der Waals surface area contributed by atoms with Gasteiger partial charge in [-0.1, -0.05) is 6.07 Å². The summed E-state index contributed by atoms with van der Waals surface area (Å²) in [5.41, 5.74) is 1.67. The largest absolute Gasteiger partial charge is 0.375 e. The van der Waals surface area contributed by atoms with E-state index in [9.17, 15) is 4.79 Å². The number of nitrogens with zero attached hydrogens (tertiary/aromatic N) is 4. The fourth-order valence-electron chi connectivity index (χ4n) is 3.22. The molecular formula is C16H18N4O2. The Balaban J connectivity index is 1.50. The molecule has 2 fully saturated rings. The Hall–Kier alpha value is -2.21. The molecule has 0 radical (unpaired) electrons. The molecule has 1 aromatic carbocycles. The van der Waals surface area contributed by atoms with Gasteiger partial charge in [-0.25, -0.2) is 0 Å². The van der Waals surface area contributed by atoms with E-state index in [1.54, 1.807) is 17.2 Å². The maximum Gasteiger partial charge on any atom is 0.253 e. The van der Waals surface area contributed by atoms with Crippen molar-refractivity contribution in [1.82, 2.24) is 19.7 Å². The predicted octanol–water partition coefficient (Wildman–Crippen LogP) is 1.66. The van der Waals surface area contributed by atoms with Crippen molar-refractivity contribution in [2.75, 3.05) is 19.7 Å². The van der Waals surface area contributed by atoms with Crippen LogP contribution in [-0.2, 0) is 4.74 Å². The first-order valence-electron chi connectivity index (χ1n) is 7.64. The van der Waals surface area contributed by atoms with Crippen molar-refractivity contribution in [2.45, 2.75) is 24.9 Å². The van der Waals surface area contributed by atoms with E-state index in [4.69, 9.17) is 4.74 Å². The predicted molar refractivity (Wildman–Crippen MR) is 79.8 cm³/mol. The van der Waals surface area contributed by atoms with Crippen LogP contribution in [0.3, 0.4) is 0 Å². The molecule has 1 amide bonds. The van der Waals surface area contributed by atoms with Crippen molar-refractivity contribution in [3.63, 3.8) is 0 Å². The Kier molecular flexibility index (Phi) is 3.18. The normalized spacial score (nSPS) is 19.9. The Morgan fingerprint density at radius 3 is 2.50 bits per heavy atom. The average Bonchev–Trinajstić information content (AvgIpc) is 3.07. The van der Waals surface area contributed by atoms with Crippen molar-refractivity contribution in [3.8, 4) is 5.69 Å².